The van der Waals surface area contributed by atoms with Gasteiger partial charge in [-0.3, -0.25) is 9.78 Å². The smallest absolute Gasteiger partial charge is 0.258 e. The molecule has 0 aliphatic carbocycles. The third kappa shape index (κ3) is 2.91. The molecule has 24 heavy (non-hydrogen) atoms. The average Bonchev–Trinajstić information content (AvgIpc) is 2.60. The van der Waals surface area contributed by atoms with Gasteiger partial charge < -0.3 is 15.1 Å². The molecule has 2 N–H and O–H groups in total. The average molecular weight is 347 g/mol. The molecule has 1 aliphatic heterocycles. The number of carbonyl (C=O) groups is 1. The highest BCUT2D eigenvalue weighted by molar-refractivity contribution is 6.33. The van der Waals surface area contributed by atoms with Crippen molar-refractivity contribution in [3.63, 3.8) is 0 Å². The number of piperidine rings is 1. The van der Waals surface area contributed by atoms with Gasteiger partial charge in [0.05, 0.1) is 22.3 Å². The summed E-state index contributed by atoms with van der Waals surface area (Å²) in [6, 6.07) is 6.64. The van der Waals surface area contributed by atoms with E-state index >= 15 is 0 Å². The van der Waals surface area contributed by atoms with Crippen LogP contribution in [0.3, 0.4) is 0 Å². The van der Waals surface area contributed by atoms with Crippen molar-refractivity contribution >= 4 is 17.5 Å². The largest absolute Gasteiger partial charge is 0.507 e. The highest BCUT2D eigenvalue weighted by atomic mass is 35.5. The third-order valence-corrected chi connectivity index (χ3v) is 4.94. The fraction of sp³-hybridized carbons (Fsp3) is 0.333. The first kappa shape index (κ1) is 16.6. The second-order valence-electron chi connectivity index (χ2n) is 5.99. The third-order valence-electron chi connectivity index (χ3n) is 4.47. The van der Waals surface area contributed by atoms with Gasteiger partial charge in [0.15, 0.2) is 0 Å². The zero-order valence-electron chi connectivity index (χ0n) is 13.4. The molecule has 0 saturated carbocycles. The lowest BCUT2D eigenvalue weighted by molar-refractivity contribution is 0.0602. The van der Waals surface area contributed by atoms with Gasteiger partial charge in [-0.25, -0.2) is 0 Å². The number of benzene rings is 1. The molecule has 1 amide bonds. The van der Waals surface area contributed by atoms with E-state index in [-0.39, 0.29) is 34.0 Å². The molecule has 6 heteroatoms. The van der Waals surface area contributed by atoms with Crippen LogP contribution in [0.25, 0.3) is 0 Å². The molecule has 0 bridgehead atoms. The Hall–Kier alpha value is -2.27. The summed E-state index contributed by atoms with van der Waals surface area (Å²) in [5.74, 6) is -0.782. The maximum Gasteiger partial charge on any atom is 0.258 e. The Kier molecular flexibility index (Phi) is 4.62. The zero-order chi connectivity index (χ0) is 17.3. The number of halogens is 1. The van der Waals surface area contributed by atoms with Gasteiger partial charge in [0.25, 0.3) is 5.91 Å². The fourth-order valence-corrected chi connectivity index (χ4v) is 3.38. The number of amides is 1. The minimum absolute atomic E-state index is 0.0857. The quantitative estimate of drug-likeness (QED) is 0.866. The normalized spacial score (nSPS) is 17.8. The molecule has 0 spiro atoms. The van der Waals surface area contributed by atoms with Gasteiger partial charge in [0.1, 0.15) is 11.5 Å². The van der Waals surface area contributed by atoms with E-state index in [2.05, 4.69) is 4.98 Å². The number of phenolic OH excluding ortho intramolecular Hbond substituents is 2. The molecule has 2 heterocycles. The topological polar surface area (TPSA) is 73.7 Å². The van der Waals surface area contributed by atoms with Crippen molar-refractivity contribution in [2.75, 3.05) is 6.54 Å². The van der Waals surface area contributed by atoms with Crippen LogP contribution in [-0.4, -0.2) is 32.5 Å². The summed E-state index contributed by atoms with van der Waals surface area (Å²) < 4.78 is 0. The number of hydrogen-bond donors (Lipinski definition) is 2. The number of rotatable bonds is 2. The van der Waals surface area contributed by atoms with Crippen LogP contribution >= 0.6 is 11.6 Å². The maximum atomic E-state index is 13.1. The summed E-state index contributed by atoms with van der Waals surface area (Å²) in [7, 11) is 0. The number of carbonyl (C=O) groups excluding carboxylic acids is 1. The van der Waals surface area contributed by atoms with E-state index in [9.17, 15) is 15.0 Å². The van der Waals surface area contributed by atoms with Gasteiger partial charge in [0, 0.05) is 18.8 Å². The van der Waals surface area contributed by atoms with Crippen molar-refractivity contribution in [1.82, 2.24) is 9.88 Å². The van der Waals surface area contributed by atoms with Crippen molar-refractivity contribution in [1.29, 1.82) is 0 Å². The van der Waals surface area contributed by atoms with Gasteiger partial charge in [-0.1, -0.05) is 17.7 Å². The number of hydrogen-bond acceptors (Lipinski definition) is 4. The number of nitrogens with zero attached hydrogens (tertiary/aromatic N) is 2. The fourth-order valence-electron chi connectivity index (χ4n) is 3.23. The van der Waals surface area contributed by atoms with Crippen LogP contribution in [0.4, 0.5) is 0 Å². The summed E-state index contributed by atoms with van der Waals surface area (Å²) in [4.78, 5) is 19.2. The summed E-state index contributed by atoms with van der Waals surface area (Å²) in [5, 5.41) is 20.0. The minimum atomic E-state index is -0.290. The van der Waals surface area contributed by atoms with Crippen molar-refractivity contribution in [2.24, 2.45) is 0 Å². The SMILES string of the molecule is Cc1c(Cl)c(O)cc(O)c1C(=O)N1CCCCC1c1ccccn1. The molecule has 2 aromatic rings. The van der Waals surface area contributed by atoms with Crippen molar-refractivity contribution in [2.45, 2.75) is 32.2 Å². The lowest BCUT2D eigenvalue weighted by Gasteiger charge is -2.36. The van der Waals surface area contributed by atoms with Gasteiger partial charge in [-0.15, -0.1) is 0 Å². The molecule has 1 saturated heterocycles. The van der Waals surface area contributed by atoms with Crippen LogP contribution in [0.15, 0.2) is 30.5 Å². The van der Waals surface area contributed by atoms with E-state index in [1.807, 2.05) is 18.2 Å². The van der Waals surface area contributed by atoms with E-state index in [0.29, 0.717) is 12.1 Å². The van der Waals surface area contributed by atoms with E-state index in [1.165, 1.54) is 0 Å². The van der Waals surface area contributed by atoms with Crippen LogP contribution in [-0.2, 0) is 0 Å². The molecule has 126 valence electrons. The molecule has 3 rings (SSSR count). The first-order chi connectivity index (χ1) is 11.5. The molecular weight excluding hydrogens is 328 g/mol. The van der Waals surface area contributed by atoms with E-state index < -0.39 is 0 Å². The number of likely N-dealkylation sites (tertiary alicyclic amines) is 1. The molecule has 1 fully saturated rings. The van der Waals surface area contributed by atoms with Crippen LogP contribution in [0.1, 0.15) is 46.9 Å². The van der Waals surface area contributed by atoms with Gasteiger partial charge >= 0.3 is 0 Å². The van der Waals surface area contributed by atoms with Crippen molar-refractivity contribution in [3.8, 4) is 11.5 Å². The summed E-state index contributed by atoms with van der Waals surface area (Å²) in [6.45, 7) is 2.21. The van der Waals surface area contributed by atoms with Gasteiger partial charge in [-0.05, 0) is 43.9 Å². The summed E-state index contributed by atoms with van der Waals surface area (Å²) in [6.07, 6.45) is 4.47. The molecule has 1 aromatic carbocycles. The standard InChI is InChI=1S/C18H19ClN2O3/c1-11-16(14(22)10-15(23)17(11)19)18(24)21-9-5-3-7-13(21)12-6-2-4-8-20-12/h2,4,6,8,10,13,22-23H,3,5,7,9H2,1H3. The minimum Gasteiger partial charge on any atom is -0.507 e. The highest BCUT2D eigenvalue weighted by Crippen LogP contribution is 2.38. The predicted molar refractivity (Wildman–Crippen MR) is 91.4 cm³/mol. The van der Waals surface area contributed by atoms with Crippen LogP contribution in [0, 0.1) is 6.92 Å². The zero-order valence-corrected chi connectivity index (χ0v) is 14.1. The monoisotopic (exact) mass is 346 g/mol. The Bertz CT molecular complexity index is 765. The van der Waals surface area contributed by atoms with Crippen LogP contribution < -0.4 is 0 Å². The van der Waals surface area contributed by atoms with Gasteiger partial charge in [0.2, 0.25) is 0 Å². The second kappa shape index (κ2) is 6.69. The number of aromatic nitrogens is 1. The number of aromatic hydroxyl groups is 2. The molecule has 5 nitrogen and oxygen atoms in total. The first-order valence-electron chi connectivity index (χ1n) is 7.93. The molecule has 1 aliphatic rings. The predicted octanol–water partition coefficient (Wildman–Crippen LogP) is 3.82. The van der Waals surface area contributed by atoms with Gasteiger partial charge in [-0.2, -0.15) is 0 Å². The van der Waals surface area contributed by atoms with Crippen LogP contribution in [0.5, 0.6) is 11.5 Å². The first-order valence-corrected chi connectivity index (χ1v) is 8.31. The Morgan fingerprint density at radius 3 is 2.79 bits per heavy atom. The Morgan fingerprint density at radius 1 is 1.29 bits per heavy atom. The molecule has 0 radical (unpaired) electrons. The molecule has 1 unspecified atom stereocenters. The second-order valence-corrected chi connectivity index (χ2v) is 6.37. The summed E-state index contributed by atoms with van der Waals surface area (Å²) in [5.41, 5.74) is 1.36. The molecule has 1 aromatic heterocycles. The lowest BCUT2D eigenvalue weighted by atomic mass is 9.96. The van der Waals surface area contributed by atoms with E-state index in [1.54, 1.807) is 18.0 Å². The number of pyridine rings is 1. The van der Waals surface area contributed by atoms with Crippen LogP contribution in [0.2, 0.25) is 5.02 Å². The number of phenols is 2. The Balaban J connectivity index is 2.01. The molecule has 1 atom stereocenters. The summed E-state index contributed by atoms with van der Waals surface area (Å²) >= 11 is 6.05. The van der Waals surface area contributed by atoms with E-state index in [4.69, 9.17) is 11.6 Å². The van der Waals surface area contributed by atoms with Crippen molar-refractivity contribution in [3.05, 3.63) is 52.3 Å². The molecular formula is C18H19ClN2O3. The Labute approximate surface area is 145 Å². The van der Waals surface area contributed by atoms with Crippen molar-refractivity contribution < 1.29 is 15.0 Å². The highest BCUT2D eigenvalue weighted by Gasteiger charge is 2.32. The van der Waals surface area contributed by atoms with E-state index in [0.717, 1.165) is 31.0 Å². The maximum absolute atomic E-state index is 13.1. The lowest BCUT2D eigenvalue weighted by Crippen LogP contribution is -2.39. The Morgan fingerprint density at radius 2 is 2.08 bits per heavy atom.